The molecule has 0 aromatic heterocycles. The van der Waals surface area contributed by atoms with Crippen LogP contribution in [0.3, 0.4) is 0 Å². The third kappa shape index (κ3) is 6.72. The fourth-order valence-corrected chi connectivity index (χ4v) is 5.03. The van der Waals surface area contributed by atoms with Crippen LogP contribution in [0.4, 0.5) is 11.4 Å². The van der Waals surface area contributed by atoms with Crippen LogP contribution < -0.4 is 16.0 Å². The van der Waals surface area contributed by atoms with E-state index in [1.165, 1.54) is 12.1 Å². The molecule has 3 N–H and O–H groups in total. The van der Waals surface area contributed by atoms with E-state index < -0.39 is 15.7 Å². The predicted octanol–water partition coefficient (Wildman–Crippen LogP) is 4.42. The largest absolute Gasteiger partial charge is 0.375 e. The summed E-state index contributed by atoms with van der Waals surface area (Å²) in [7, 11) is -3.70. The van der Waals surface area contributed by atoms with Crippen LogP contribution in [-0.2, 0) is 21.1 Å². The molecule has 0 radical (unpaired) electrons. The highest BCUT2D eigenvalue weighted by Gasteiger charge is 2.21. The fraction of sp³-hybridized carbons (Fsp3) is 0.167. The van der Waals surface area contributed by atoms with Gasteiger partial charge in [0.2, 0.25) is 5.91 Å². The molecule has 0 heterocycles. The Kier molecular flexibility index (Phi) is 8.55. The molecule has 0 aliphatic heterocycles. The summed E-state index contributed by atoms with van der Waals surface area (Å²) >= 11 is 12.0. The molecule has 0 spiro atoms. The number of hydrogen-bond donors (Lipinski definition) is 3. The maximum absolute atomic E-state index is 12.7. The number of benzene rings is 3. The van der Waals surface area contributed by atoms with E-state index in [0.717, 1.165) is 11.8 Å². The number of carbonyl (C=O) groups excluding carboxylic acids is 2. The number of carbonyl (C=O) groups is 2. The second-order valence-corrected chi connectivity index (χ2v) is 10.2. The highest BCUT2D eigenvalue weighted by Crippen LogP contribution is 2.35. The van der Waals surface area contributed by atoms with Crippen LogP contribution in [0.5, 0.6) is 0 Å². The molecule has 0 bridgehead atoms. The summed E-state index contributed by atoms with van der Waals surface area (Å²) < 4.78 is 24.3. The zero-order valence-electron chi connectivity index (χ0n) is 18.3. The van der Waals surface area contributed by atoms with Gasteiger partial charge < -0.3 is 16.0 Å². The lowest BCUT2D eigenvalue weighted by Crippen LogP contribution is -2.28. The molecule has 34 heavy (non-hydrogen) atoms. The van der Waals surface area contributed by atoms with Crippen molar-refractivity contribution < 1.29 is 18.0 Å². The summed E-state index contributed by atoms with van der Waals surface area (Å²) in [5.74, 6) is -0.793. The average Bonchev–Trinajstić information content (AvgIpc) is 2.80. The molecular formula is C24H23Cl2N3O4S. The van der Waals surface area contributed by atoms with E-state index >= 15 is 0 Å². The van der Waals surface area contributed by atoms with Gasteiger partial charge >= 0.3 is 0 Å². The molecule has 0 saturated heterocycles. The number of sulfone groups is 1. The van der Waals surface area contributed by atoms with Crippen molar-refractivity contribution in [2.24, 2.45) is 0 Å². The molecule has 2 amide bonds. The first kappa shape index (κ1) is 25.6. The Hall–Kier alpha value is -3.07. The zero-order chi connectivity index (χ0) is 24.7. The maximum Gasteiger partial charge on any atom is 0.253 e. The lowest BCUT2D eigenvalue weighted by molar-refractivity contribution is -0.114. The standard InChI is InChI=1S/C24H23Cl2N3O4S/c1-34(32,33)23-20(12-11-18(25)22(23)26)28-15-21(30)29-19-10-6-5-9-17(19)24(31)27-14-13-16-7-3-2-4-8-16/h2-12,28H,13-15H2,1H3,(H,27,31)(H,29,30). The SMILES string of the molecule is CS(=O)(=O)c1c(NCC(=O)Nc2ccccc2C(=O)NCCc2ccccc2)ccc(Cl)c1Cl. The highest BCUT2D eigenvalue weighted by atomic mass is 35.5. The normalized spacial score (nSPS) is 11.0. The fourth-order valence-electron chi connectivity index (χ4n) is 3.25. The van der Waals surface area contributed by atoms with Gasteiger partial charge in [0.15, 0.2) is 9.84 Å². The molecule has 10 heteroatoms. The van der Waals surface area contributed by atoms with E-state index in [1.54, 1.807) is 24.3 Å². The number of hydrogen-bond acceptors (Lipinski definition) is 5. The molecule has 0 atom stereocenters. The van der Waals surface area contributed by atoms with Crippen LogP contribution in [0.2, 0.25) is 10.0 Å². The molecule has 3 rings (SSSR count). The average molecular weight is 520 g/mol. The Morgan fingerprint density at radius 3 is 2.26 bits per heavy atom. The van der Waals surface area contributed by atoms with Crippen LogP contribution in [0.1, 0.15) is 15.9 Å². The lowest BCUT2D eigenvalue weighted by Gasteiger charge is -2.14. The maximum atomic E-state index is 12.7. The first-order chi connectivity index (χ1) is 16.2. The van der Waals surface area contributed by atoms with Crippen LogP contribution >= 0.6 is 23.2 Å². The van der Waals surface area contributed by atoms with Gasteiger partial charge in [-0.05, 0) is 36.2 Å². The van der Waals surface area contributed by atoms with Crippen molar-refractivity contribution in [1.29, 1.82) is 0 Å². The molecule has 0 saturated carbocycles. The van der Waals surface area contributed by atoms with E-state index in [9.17, 15) is 18.0 Å². The minimum absolute atomic E-state index is 0.0873. The van der Waals surface area contributed by atoms with Gasteiger partial charge in [0.25, 0.3) is 5.91 Å². The monoisotopic (exact) mass is 519 g/mol. The van der Waals surface area contributed by atoms with E-state index in [-0.39, 0.29) is 33.1 Å². The lowest BCUT2D eigenvalue weighted by atomic mass is 10.1. The Morgan fingerprint density at radius 1 is 0.882 bits per heavy atom. The number of anilines is 2. The summed E-state index contributed by atoms with van der Waals surface area (Å²) in [6.07, 6.45) is 1.68. The number of para-hydroxylation sites is 1. The second kappa shape index (κ2) is 11.4. The van der Waals surface area contributed by atoms with E-state index in [2.05, 4.69) is 16.0 Å². The van der Waals surface area contributed by atoms with Crippen molar-refractivity contribution in [3.05, 3.63) is 87.9 Å². The van der Waals surface area contributed by atoms with Crippen LogP contribution in [0, 0.1) is 0 Å². The van der Waals surface area contributed by atoms with E-state index in [0.29, 0.717) is 24.2 Å². The quantitative estimate of drug-likeness (QED) is 0.388. The first-order valence-electron chi connectivity index (χ1n) is 10.3. The summed E-state index contributed by atoms with van der Waals surface area (Å²) in [6.45, 7) is 0.183. The van der Waals surface area contributed by atoms with Crippen molar-refractivity contribution in [3.8, 4) is 0 Å². The molecule has 3 aromatic rings. The van der Waals surface area contributed by atoms with Crippen molar-refractivity contribution in [2.75, 3.05) is 30.0 Å². The smallest absolute Gasteiger partial charge is 0.253 e. The highest BCUT2D eigenvalue weighted by molar-refractivity contribution is 7.91. The van der Waals surface area contributed by atoms with Gasteiger partial charge in [-0.2, -0.15) is 0 Å². The Balaban J connectivity index is 1.64. The zero-order valence-corrected chi connectivity index (χ0v) is 20.6. The molecule has 0 aliphatic rings. The molecular weight excluding hydrogens is 497 g/mol. The molecule has 0 unspecified atom stereocenters. The van der Waals surface area contributed by atoms with Gasteiger partial charge in [-0.15, -0.1) is 0 Å². The number of halogens is 2. The minimum atomic E-state index is -3.70. The summed E-state index contributed by atoms with van der Waals surface area (Å²) in [6, 6.07) is 19.3. The predicted molar refractivity (Wildman–Crippen MR) is 136 cm³/mol. The van der Waals surface area contributed by atoms with Gasteiger partial charge in [0, 0.05) is 12.8 Å². The topological polar surface area (TPSA) is 104 Å². The number of amides is 2. The van der Waals surface area contributed by atoms with Gasteiger partial charge in [0.1, 0.15) is 4.90 Å². The van der Waals surface area contributed by atoms with E-state index in [4.69, 9.17) is 23.2 Å². The number of rotatable bonds is 9. The van der Waals surface area contributed by atoms with Crippen molar-refractivity contribution in [1.82, 2.24) is 5.32 Å². The Bertz CT molecular complexity index is 1300. The third-order valence-corrected chi connectivity index (χ3v) is 6.93. The van der Waals surface area contributed by atoms with Gasteiger partial charge in [0.05, 0.1) is 33.5 Å². The molecule has 7 nitrogen and oxygen atoms in total. The molecule has 0 fully saturated rings. The molecule has 0 aliphatic carbocycles. The van der Waals surface area contributed by atoms with Crippen molar-refractivity contribution >= 4 is 56.2 Å². The van der Waals surface area contributed by atoms with E-state index in [1.807, 2.05) is 30.3 Å². The Morgan fingerprint density at radius 2 is 1.56 bits per heavy atom. The van der Waals surface area contributed by atoms with Crippen molar-refractivity contribution in [3.63, 3.8) is 0 Å². The minimum Gasteiger partial charge on any atom is -0.375 e. The van der Waals surface area contributed by atoms with Crippen LogP contribution in [0.15, 0.2) is 71.6 Å². The van der Waals surface area contributed by atoms with Crippen LogP contribution in [0.25, 0.3) is 0 Å². The first-order valence-corrected chi connectivity index (χ1v) is 12.9. The third-order valence-electron chi connectivity index (χ3n) is 4.85. The Labute approximate surface area is 208 Å². The number of nitrogens with one attached hydrogen (secondary N) is 3. The molecule has 178 valence electrons. The van der Waals surface area contributed by atoms with Crippen molar-refractivity contribution in [2.45, 2.75) is 11.3 Å². The summed E-state index contributed by atoms with van der Waals surface area (Å²) in [5.41, 5.74) is 1.91. The van der Waals surface area contributed by atoms with Gasteiger partial charge in [-0.3, -0.25) is 9.59 Å². The van der Waals surface area contributed by atoms with Crippen LogP contribution in [-0.4, -0.2) is 39.6 Å². The molecule has 3 aromatic carbocycles. The summed E-state index contributed by atoms with van der Waals surface area (Å²) in [5, 5.41) is 8.28. The summed E-state index contributed by atoms with van der Waals surface area (Å²) in [4.78, 5) is 25.0. The van der Waals surface area contributed by atoms with Gasteiger partial charge in [-0.1, -0.05) is 65.7 Å². The second-order valence-electron chi connectivity index (χ2n) is 7.45. The van der Waals surface area contributed by atoms with Gasteiger partial charge in [-0.25, -0.2) is 8.42 Å².